The summed E-state index contributed by atoms with van der Waals surface area (Å²) in [6.45, 7) is 5.31. The fourth-order valence-electron chi connectivity index (χ4n) is 4.17. The Morgan fingerprint density at radius 1 is 1.03 bits per heavy atom. The number of quaternary nitrogens is 1. The minimum absolute atomic E-state index is 0.309. The monoisotopic (exact) mass is 501 g/mol. The molecule has 35 heavy (non-hydrogen) atoms. The standard InChI is InChI=1S/C14H11F2NO2.C13H19NOS/c15-11-7-6-10(8-12(11)16)13(19-14(17)18)9-4-2-1-3-5-9;1-2-11-5-7-14(8-6-11)10-12(15)13-4-3-9-16-13/h1-8,13H,(H2,17,18);3-4,9,11H,2,5-8,10H2,1H3/p+1. The van der Waals surface area contributed by atoms with Gasteiger partial charge in [0.15, 0.2) is 17.7 Å². The molecule has 0 spiro atoms. The van der Waals surface area contributed by atoms with E-state index in [9.17, 15) is 18.4 Å². The zero-order chi connectivity index (χ0) is 25.2. The summed E-state index contributed by atoms with van der Waals surface area (Å²) in [4.78, 5) is 25.3. The van der Waals surface area contributed by atoms with Crippen molar-refractivity contribution in [3.8, 4) is 0 Å². The van der Waals surface area contributed by atoms with E-state index in [1.54, 1.807) is 41.7 Å². The lowest BCUT2D eigenvalue weighted by atomic mass is 9.94. The van der Waals surface area contributed by atoms with Crippen molar-refractivity contribution in [2.24, 2.45) is 11.7 Å². The quantitative estimate of drug-likeness (QED) is 0.458. The highest BCUT2D eigenvalue weighted by atomic mass is 32.1. The highest BCUT2D eigenvalue weighted by Crippen LogP contribution is 2.27. The topological polar surface area (TPSA) is 73.8 Å². The molecule has 3 aromatic rings. The van der Waals surface area contributed by atoms with Gasteiger partial charge in [0.1, 0.15) is 6.54 Å². The minimum atomic E-state index is -1.01. The molecule has 5 nitrogen and oxygen atoms in total. The number of piperidine rings is 1. The molecule has 2 aromatic carbocycles. The third-order valence-corrected chi connectivity index (χ3v) is 7.09. The van der Waals surface area contributed by atoms with Crippen molar-refractivity contribution < 1.29 is 28.0 Å². The normalized spacial score (nSPS) is 18.1. The predicted molar refractivity (Wildman–Crippen MR) is 133 cm³/mol. The molecule has 0 aliphatic carbocycles. The van der Waals surface area contributed by atoms with Crippen LogP contribution in [0.15, 0.2) is 66.0 Å². The van der Waals surface area contributed by atoms with Gasteiger partial charge >= 0.3 is 6.09 Å². The summed E-state index contributed by atoms with van der Waals surface area (Å²) in [5.41, 5.74) is 5.93. The molecule has 1 aromatic heterocycles. The molecule has 0 bridgehead atoms. The lowest BCUT2D eigenvalue weighted by molar-refractivity contribution is -0.897. The molecule has 1 atom stereocenters. The van der Waals surface area contributed by atoms with Crippen LogP contribution in [-0.4, -0.2) is 31.5 Å². The first-order chi connectivity index (χ1) is 16.9. The van der Waals surface area contributed by atoms with Gasteiger partial charge in [-0.15, -0.1) is 11.3 Å². The molecule has 1 amide bonds. The molecule has 3 N–H and O–H groups in total. The molecule has 2 heterocycles. The van der Waals surface area contributed by atoms with Gasteiger partial charge in [0.05, 0.1) is 18.0 Å². The molecule has 4 rings (SSSR count). The van der Waals surface area contributed by atoms with Gasteiger partial charge in [-0.05, 0) is 47.9 Å². The number of carbonyl (C=O) groups excluding carboxylic acids is 2. The average Bonchev–Trinajstić information content (AvgIpc) is 3.41. The van der Waals surface area contributed by atoms with Crippen LogP contribution in [0.3, 0.4) is 0 Å². The highest BCUT2D eigenvalue weighted by Gasteiger charge is 2.23. The first kappa shape index (κ1) is 26.5. The van der Waals surface area contributed by atoms with Gasteiger partial charge in [0, 0.05) is 5.56 Å². The van der Waals surface area contributed by atoms with Gasteiger partial charge in [-0.25, -0.2) is 13.6 Å². The van der Waals surface area contributed by atoms with E-state index in [0.29, 0.717) is 23.5 Å². The fraction of sp³-hybridized carbons (Fsp3) is 0.333. The smallest absolute Gasteiger partial charge is 0.405 e. The summed E-state index contributed by atoms with van der Waals surface area (Å²) in [6.07, 6.45) is 2.03. The average molecular weight is 502 g/mol. The van der Waals surface area contributed by atoms with Crippen LogP contribution >= 0.6 is 11.3 Å². The Labute approximate surface area is 208 Å². The Morgan fingerprint density at radius 3 is 2.31 bits per heavy atom. The SMILES string of the molecule is CCC1CC[NH+](CC(=O)c2cccs2)CC1.NC(=O)OC(c1ccccc1)c1ccc(F)c(F)c1. The third-order valence-electron chi connectivity index (χ3n) is 6.18. The van der Waals surface area contributed by atoms with Crippen molar-refractivity contribution in [1.82, 2.24) is 0 Å². The van der Waals surface area contributed by atoms with Crippen LogP contribution in [0.25, 0.3) is 0 Å². The largest absolute Gasteiger partial charge is 0.437 e. The van der Waals surface area contributed by atoms with E-state index in [1.807, 2.05) is 17.5 Å². The van der Waals surface area contributed by atoms with Crippen molar-refractivity contribution in [1.29, 1.82) is 0 Å². The Balaban J connectivity index is 0.000000198. The second-order valence-corrected chi connectivity index (χ2v) is 9.53. The molecule has 0 saturated carbocycles. The number of nitrogens with one attached hydrogen (secondary N) is 1. The van der Waals surface area contributed by atoms with E-state index >= 15 is 0 Å². The number of rotatable bonds is 7. The maximum absolute atomic E-state index is 13.2. The van der Waals surface area contributed by atoms with Crippen molar-refractivity contribution in [3.05, 3.63) is 93.7 Å². The Kier molecular flexibility index (Phi) is 9.93. The number of Topliss-reactive ketones (excluding diaryl/α,β-unsaturated/α-hetero) is 1. The summed E-state index contributed by atoms with van der Waals surface area (Å²) in [5, 5.41) is 1.98. The summed E-state index contributed by atoms with van der Waals surface area (Å²) in [5.74, 6) is -0.748. The Morgan fingerprint density at radius 2 is 1.74 bits per heavy atom. The zero-order valence-electron chi connectivity index (χ0n) is 19.7. The summed E-state index contributed by atoms with van der Waals surface area (Å²) in [7, 11) is 0. The lowest BCUT2D eigenvalue weighted by Crippen LogP contribution is -3.13. The number of carbonyl (C=O) groups is 2. The molecule has 1 fully saturated rings. The van der Waals surface area contributed by atoms with E-state index in [1.165, 1.54) is 43.3 Å². The van der Waals surface area contributed by atoms with Crippen LogP contribution in [0, 0.1) is 17.6 Å². The van der Waals surface area contributed by atoms with Crippen LogP contribution in [0.1, 0.15) is 53.1 Å². The first-order valence-electron chi connectivity index (χ1n) is 11.7. The van der Waals surface area contributed by atoms with Gasteiger partial charge in [-0.2, -0.15) is 0 Å². The predicted octanol–water partition coefficient (Wildman–Crippen LogP) is 4.79. The van der Waals surface area contributed by atoms with Gasteiger partial charge in [0.2, 0.25) is 5.78 Å². The molecule has 1 aliphatic heterocycles. The zero-order valence-corrected chi connectivity index (χ0v) is 20.5. The third kappa shape index (κ3) is 7.97. The Bertz CT molecular complexity index is 1090. The molecular weight excluding hydrogens is 470 g/mol. The number of benzene rings is 2. The van der Waals surface area contributed by atoms with Gasteiger partial charge < -0.3 is 15.4 Å². The maximum atomic E-state index is 13.2. The number of hydrogen-bond donors (Lipinski definition) is 2. The highest BCUT2D eigenvalue weighted by molar-refractivity contribution is 7.12. The maximum Gasteiger partial charge on any atom is 0.405 e. The molecule has 1 aliphatic rings. The van der Waals surface area contributed by atoms with E-state index in [2.05, 4.69) is 6.92 Å². The second-order valence-electron chi connectivity index (χ2n) is 8.58. The van der Waals surface area contributed by atoms with Crippen LogP contribution in [0.2, 0.25) is 0 Å². The van der Waals surface area contributed by atoms with Crippen LogP contribution < -0.4 is 10.6 Å². The number of likely N-dealkylation sites (tertiary alicyclic amines) is 1. The number of halogens is 2. The van der Waals surface area contributed by atoms with E-state index in [0.717, 1.165) is 22.9 Å². The van der Waals surface area contributed by atoms with Crippen molar-refractivity contribution in [3.63, 3.8) is 0 Å². The van der Waals surface area contributed by atoms with Crippen LogP contribution in [0.5, 0.6) is 0 Å². The van der Waals surface area contributed by atoms with Crippen molar-refractivity contribution >= 4 is 23.2 Å². The summed E-state index contributed by atoms with van der Waals surface area (Å²) >= 11 is 1.56. The first-order valence-corrected chi connectivity index (χ1v) is 12.6. The van der Waals surface area contributed by atoms with Crippen molar-refractivity contribution in [2.75, 3.05) is 19.6 Å². The van der Waals surface area contributed by atoms with Gasteiger partial charge in [-0.1, -0.05) is 55.8 Å². The number of ether oxygens (including phenoxy) is 1. The number of hydrogen-bond acceptors (Lipinski definition) is 4. The molecule has 1 saturated heterocycles. The van der Waals surface area contributed by atoms with Gasteiger partial charge in [0.25, 0.3) is 0 Å². The number of primary amides is 1. The molecular formula is C27H31F2N2O3S+. The molecule has 0 radical (unpaired) electrons. The van der Waals surface area contributed by atoms with Gasteiger partial charge in [-0.3, -0.25) is 4.79 Å². The number of ketones is 1. The number of thiophene rings is 1. The minimum Gasteiger partial charge on any atom is -0.437 e. The summed E-state index contributed by atoms with van der Waals surface area (Å²) in [6, 6.07) is 15.9. The molecule has 1 unspecified atom stereocenters. The van der Waals surface area contributed by atoms with E-state index in [-0.39, 0.29) is 0 Å². The molecule has 186 valence electrons. The lowest BCUT2D eigenvalue weighted by Gasteiger charge is -2.27. The summed E-state index contributed by atoms with van der Waals surface area (Å²) < 4.78 is 31.1. The van der Waals surface area contributed by atoms with E-state index in [4.69, 9.17) is 10.5 Å². The fourth-order valence-corrected chi connectivity index (χ4v) is 4.83. The van der Waals surface area contributed by atoms with Crippen LogP contribution in [-0.2, 0) is 4.74 Å². The van der Waals surface area contributed by atoms with E-state index < -0.39 is 23.8 Å². The molecule has 8 heteroatoms. The Hall–Kier alpha value is -3.10. The van der Waals surface area contributed by atoms with Crippen molar-refractivity contribution in [2.45, 2.75) is 32.3 Å². The number of nitrogens with two attached hydrogens (primary N) is 1. The second kappa shape index (κ2) is 13.1. The van der Waals surface area contributed by atoms with Crippen LogP contribution in [0.4, 0.5) is 13.6 Å². The number of amides is 1.